The first kappa shape index (κ1) is 23.0. The zero-order valence-corrected chi connectivity index (χ0v) is 18.6. The fourth-order valence-electron chi connectivity index (χ4n) is 3.03. The quantitative estimate of drug-likeness (QED) is 0.545. The zero-order valence-electron chi connectivity index (χ0n) is 18.6. The number of benzene rings is 1. The summed E-state index contributed by atoms with van der Waals surface area (Å²) in [5.74, 6) is -0.544. The molecule has 31 heavy (non-hydrogen) atoms. The Morgan fingerprint density at radius 2 is 1.81 bits per heavy atom. The van der Waals surface area contributed by atoms with E-state index in [4.69, 9.17) is 14.0 Å². The smallest absolute Gasteiger partial charge is 0.445 e. The molecule has 3 rings (SSSR count). The minimum absolute atomic E-state index is 0.119. The van der Waals surface area contributed by atoms with E-state index < -0.39 is 30.4 Å². The van der Waals surface area contributed by atoms with Crippen molar-refractivity contribution in [2.45, 2.75) is 52.4 Å². The minimum Gasteiger partial charge on any atom is -0.445 e. The normalized spacial score (nSPS) is 17.5. The van der Waals surface area contributed by atoms with E-state index in [0.29, 0.717) is 16.6 Å². The molecular weight excluding hydrogens is 398 g/mol. The summed E-state index contributed by atoms with van der Waals surface area (Å²) in [5.41, 5.74) is 1.47. The number of carbonyl (C=O) groups excluding carboxylic acids is 1. The van der Waals surface area contributed by atoms with E-state index in [-0.39, 0.29) is 13.2 Å². The van der Waals surface area contributed by atoms with Crippen molar-refractivity contribution in [3.8, 4) is 0 Å². The van der Waals surface area contributed by atoms with E-state index in [0.717, 1.165) is 5.56 Å². The lowest BCUT2D eigenvalue weighted by atomic mass is 9.76. The Hall–Kier alpha value is -2.71. The highest BCUT2D eigenvalue weighted by Gasteiger charge is 2.52. The Morgan fingerprint density at radius 3 is 2.45 bits per heavy atom. The molecule has 0 atom stereocenters. The molecule has 1 amide bonds. The molecule has 1 N–H and O–H groups in total. The first-order chi connectivity index (χ1) is 14.6. The van der Waals surface area contributed by atoms with E-state index in [1.165, 1.54) is 6.20 Å². The summed E-state index contributed by atoms with van der Waals surface area (Å²) < 4.78 is 31.5. The molecule has 1 fully saturated rings. The Labute approximate surface area is 183 Å². The van der Waals surface area contributed by atoms with Gasteiger partial charge >= 0.3 is 13.2 Å². The molecule has 0 bridgehead atoms. The Kier molecular flexibility index (Phi) is 6.82. The summed E-state index contributed by atoms with van der Waals surface area (Å²) >= 11 is 0. The Bertz CT molecular complexity index is 947. The standard InChI is InChI=1S/C23H28BFN2O4/c1-16-18(11-12-26-20(16)25)13-19(24-30-22(2,3)23(4,5)31-24)14-27-21(28)29-15-17-9-7-6-8-10-17/h6-13H,14-15H2,1-5H3,(H,27,28). The van der Waals surface area contributed by atoms with Gasteiger partial charge in [0.05, 0.1) is 11.2 Å². The van der Waals surface area contributed by atoms with Crippen molar-refractivity contribution in [3.05, 3.63) is 70.7 Å². The number of hydrogen-bond donors (Lipinski definition) is 1. The fraction of sp³-hybridized carbons (Fsp3) is 0.391. The lowest BCUT2D eigenvalue weighted by Gasteiger charge is -2.32. The van der Waals surface area contributed by atoms with Crippen LogP contribution in [0.3, 0.4) is 0 Å². The third-order valence-electron chi connectivity index (χ3n) is 5.73. The number of halogens is 1. The van der Waals surface area contributed by atoms with Crippen molar-refractivity contribution in [1.29, 1.82) is 0 Å². The fourth-order valence-corrected chi connectivity index (χ4v) is 3.03. The van der Waals surface area contributed by atoms with E-state index in [1.54, 1.807) is 19.1 Å². The third kappa shape index (κ3) is 5.51. The SMILES string of the molecule is Cc1c(C=C(CNC(=O)OCc2ccccc2)B2OC(C)(C)C(C)(C)O2)ccnc1F. The van der Waals surface area contributed by atoms with Crippen molar-refractivity contribution in [2.24, 2.45) is 0 Å². The number of alkyl carbamates (subject to hydrolysis) is 1. The van der Waals surface area contributed by atoms with Crippen LogP contribution in [0.15, 0.2) is 48.1 Å². The maximum atomic E-state index is 13.9. The molecule has 1 aromatic heterocycles. The molecule has 0 spiro atoms. The van der Waals surface area contributed by atoms with Crippen LogP contribution in [0.5, 0.6) is 0 Å². The van der Waals surface area contributed by atoms with Crippen molar-refractivity contribution < 1.29 is 23.2 Å². The number of pyridine rings is 1. The van der Waals surface area contributed by atoms with Gasteiger partial charge in [0.1, 0.15) is 6.61 Å². The van der Waals surface area contributed by atoms with Crippen LogP contribution in [0.2, 0.25) is 0 Å². The highest BCUT2D eigenvalue weighted by Crippen LogP contribution is 2.38. The molecule has 0 unspecified atom stereocenters. The minimum atomic E-state index is -0.699. The van der Waals surface area contributed by atoms with E-state index in [9.17, 15) is 9.18 Å². The second-order valence-electron chi connectivity index (χ2n) is 8.54. The predicted molar refractivity (Wildman–Crippen MR) is 118 cm³/mol. The number of ether oxygens (including phenoxy) is 1. The molecule has 2 heterocycles. The van der Waals surface area contributed by atoms with Crippen LogP contribution in [-0.4, -0.2) is 35.9 Å². The van der Waals surface area contributed by atoms with Crippen LogP contribution in [0, 0.1) is 12.9 Å². The van der Waals surface area contributed by atoms with Gasteiger partial charge in [-0.1, -0.05) is 36.4 Å². The molecule has 164 valence electrons. The number of nitrogens with zero attached hydrogens (tertiary/aromatic N) is 1. The first-order valence-electron chi connectivity index (χ1n) is 10.2. The monoisotopic (exact) mass is 426 g/mol. The van der Waals surface area contributed by atoms with Crippen molar-refractivity contribution in [3.63, 3.8) is 0 Å². The van der Waals surface area contributed by atoms with Crippen molar-refractivity contribution >= 4 is 19.3 Å². The predicted octanol–water partition coefficient (Wildman–Crippen LogP) is 4.47. The molecule has 0 radical (unpaired) electrons. The van der Waals surface area contributed by atoms with Gasteiger partial charge in [0.2, 0.25) is 5.95 Å². The number of hydrogen-bond acceptors (Lipinski definition) is 5. The third-order valence-corrected chi connectivity index (χ3v) is 5.73. The summed E-state index contributed by atoms with van der Waals surface area (Å²) in [4.78, 5) is 15.9. The second kappa shape index (κ2) is 9.20. The molecule has 6 nitrogen and oxygen atoms in total. The van der Waals surface area contributed by atoms with E-state index in [2.05, 4.69) is 10.3 Å². The van der Waals surface area contributed by atoms with Gasteiger partial charge in [0.25, 0.3) is 0 Å². The van der Waals surface area contributed by atoms with Crippen LogP contribution in [0.1, 0.15) is 44.4 Å². The molecule has 2 aromatic rings. The van der Waals surface area contributed by atoms with Gasteiger partial charge in [0.15, 0.2) is 0 Å². The van der Waals surface area contributed by atoms with E-state index in [1.807, 2.05) is 58.0 Å². The van der Waals surface area contributed by atoms with Crippen molar-refractivity contribution in [2.75, 3.05) is 6.54 Å². The van der Waals surface area contributed by atoms with Crippen molar-refractivity contribution in [1.82, 2.24) is 10.3 Å². The molecule has 8 heteroatoms. The average molecular weight is 426 g/mol. The summed E-state index contributed by atoms with van der Waals surface area (Å²) in [5, 5.41) is 2.74. The number of carbonyl (C=O) groups is 1. The largest absolute Gasteiger partial charge is 0.492 e. The molecule has 1 aliphatic heterocycles. The Balaban J connectivity index is 1.75. The van der Waals surface area contributed by atoms with Crippen LogP contribution in [-0.2, 0) is 20.7 Å². The molecule has 1 saturated heterocycles. The molecule has 1 aromatic carbocycles. The van der Waals surface area contributed by atoms with Crippen LogP contribution < -0.4 is 5.32 Å². The molecule has 0 aliphatic carbocycles. The zero-order chi connectivity index (χ0) is 22.6. The maximum absolute atomic E-state index is 13.9. The van der Waals surface area contributed by atoms with Crippen LogP contribution >= 0.6 is 0 Å². The number of rotatable bonds is 6. The second-order valence-corrected chi connectivity index (χ2v) is 8.54. The van der Waals surface area contributed by atoms with Gasteiger partial charge in [-0.3, -0.25) is 0 Å². The Morgan fingerprint density at radius 1 is 1.16 bits per heavy atom. The topological polar surface area (TPSA) is 69.7 Å². The lowest BCUT2D eigenvalue weighted by Crippen LogP contribution is -2.41. The van der Waals surface area contributed by atoms with Gasteiger partial charge < -0.3 is 19.4 Å². The van der Waals surface area contributed by atoms with E-state index >= 15 is 0 Å². The lowest BCUT2D eigenvalue weighted by molar-refractivity contribution is 0.00578. The summed E-state index contributed by atoms with van der Waals surface area (Å²) in [6.45, 7) is 9.72. The highest BCUT2D eigenvalue weighted by molar-refractivity contribution is 6.56. The molecule has 1 aliphatic rings. The van der Waals surface area contributed by atoms with Crippen LogP contribution in [0.25, 0.3) is 6.08 Å². The van der Waals surface area contributed by atoms with Gasteiger partial charge in [-0.25, -0.2) is 9.78 Å². The van der Waals surface area contributed by atoms with Gasteiger partial charge in [-0.2, -0.15) is 4.39 Å². The number of aromatic nitrogens is 1. The van der Waals surface area contributed by atoms with Crippen LogP contribution in [0.4, 0.5) is 9.18 Å². The average Bonchev–Trinajstić information content (AvgIpc) is 2.94. The van der Waals surface area contributed by atoms with Gasteiger partial charge in [0, 0.05) is 18.3 Å². The molecule has 0 saturated carbocycles. The van der Waals surface area contributed by atoms with Gasteiger partial charge in [-0.15, -0.1) is 0 Å². The van der Waals surface area contributed by atoms with Gasteiger partial charge in [-0.05, 0) is 57.3 Å². The number of nitrogens with one attached hydrogen (secondary N) is 1. The summed E-state index contributed by atoms with van der Waals surface area (Å²) in [7, 11) is -0.699. The highest BCUT2D eigenvalue weighted by atomic mass is 19.1. The first-order valence-corrected chi connectivity index (χ1v) is 10.2. The number of amides is 1. The molecular formula is C23H28BFN2O4. The summed E-state index contributed by atoms with van der Waals surface area (Å²) in [6.07, 6.45) is 2.60. The summed E-state index contributed by atoms with van der Waals surface area (Å²) in [6, 6.07) is 11.1. The maximum Gasteiger partial charge on any atom is 0.492 e.